The van der Waals surface area contributed by atoms with Gasteiger partial charge in [-0.1, -0.05) is 30.3 Å². The standard InChI is InChI=1S/C20H21N3O3/c24-20-10-9-15-5-1-2-6-17(15)22(20)16-11-13-21(14-12-16)18-7-3-4-8-19(18)23(25)26/h1-8,16H,9-14H2. The summed E-state index contributed by atoms with van der Waals surface area (Å²) in [6.45, 7) is 1.42. The maximum Gasteiger partial charge on any atom is 0.292 e. The molecule has 0 aromatic heterocycles. The lowest BCUT2D eigenvalue weighted by atomic mass is 9.95. The summed E-state index contributed by atoms with van der Waals surface area (Å²) in [5.41, 5.74) is 3.08. The second kappa shape index (κ2) is 6.78. The van der Waals surface area contributed by atoms with Crippen molar-refractivity contribution in [3.8, 4) is 0 Å². The normalized spacial score (nSPS) is 17.9. The molecule has 2 aliphatic rings. The van der Waals surface area contributed by atoms with Gasteiger partial charge in [0.1, 0.15) is 5.69 Å². The Hall–Kier alpha value is -2.89. The molecule has 2 aromatic carbocycles. The first kappa shape index (κ1) is 16.6. The van der Waals surface area contributed by atoms with Crippen molar-refractivity contribution in [2.24, 2.45) is 0 Å². The summed E-state index contributed by atoms with van der Waals surface area (Å²) in [5.74, 6) is 0.188. The average Bonchev–Trinajstić information content (AvgIpc) is 2.68. The van der Waals surface area contributed by atoms with Crippen molar-refractivity contribution in [1.29, 1.82) is 0 Å². The van der Waals surface area contributed by atoms with E-state index in [9.17, 15) is 14.9 Å². The van der Waals surface area contributed by atoms with Gasteiger partial charge in [-0.3, -0.25) is 14.9 Å². The van der Waals surface area contributed by atoms with Gasteiger partial charge >= 0.3 is 0 Å². The Labute approximate surface area is 152 Å². The van der Waals surface area contributed by atoms with E-state index in [1.807, 2.05) is 29.2 Å². The Bertz CT molecular complexity index is 844. The lowest BCUT2D eigenvalue weighted by molar-refractivity contribution is -0.384. The fourth-order valence-corrected chi connectivity index (χ4v) is 4.10. The molecule has 0 bridgehead atoms. The Kier molecular flexibility index (Phi) is 4.32. The molecule has 1 fully saturated rings. The van der Waals surface area contributed by atoms with Gasteiger partial charge in [0, 0.05) is 37.3 Å². The van der Waals surface area contributed by atoms with E-state index in [0.29, 0.717) is 25.2 Å². The summed E-state index contributed by atoms with van der Waals surface area (Å²) in [4.78, 5) is 27.6. The predicted molar refractivity (Wildman–Crippen MR) is 101 cm³/mol. The van der Waals surface area contributed by atoms with E-state index in [-0.39, 0.29) is 22.6 Å². The number of anilines is 2. The number of nitro benzene ring substituents is 1. The predicted octanol–water partition coefficient (Wildman–Crippen LogP) is 3.54. The first-order valence-corrected chi connectivity index (χ1v) is 9.03. The molecule has 0 N–H and O–H groups in total. The molecule has 6 nitrogen and oxygen atoms in total. The van der Waals surface area contributed by atoms with Gasteiger partial charge in [-0.15, -0.1) is 0 Å². The molecule has 0 aliphatic carbocycles. The number of hydrogen-bond acceptors (Lipinski definition) is 4. The number of aryl methyl sites for hydroxylation is 1. The van der Waals surface area contributed by atoms with Gasteiger partial charge in [0.15, 0.2) is 0 Å². The summed E-state index contributed by atoms with van der Waals surface area (Å²) >= 11 is 0. The van der Waals surface area contributed by atoms with Crippen molar-refractivity contribution in [2.45, 2.75) is 31.7 Å². The highest BCUT2D eigenvalue weighted by Crippen LogP contribution is 2.35. The number of hydrogen-bond donors (Lipinski definition) is 0. The Balaban J connectivity index is 1.53. The molecular formula is C20H21N3O3. The van der Waals surface area contributed by atoms with Crippen molar-refractivity contribution in [2.75, 3.05) is 22.9 Å². The molecule has 0 radical (unpaired) electrons. The van der Waals surface area contributed by atoms with Crippen LogP contribution in [0.1, 0.15) is 24.8 Å². The summed E-state index contributed by atoms with van der Waals surface area (Å²) in [7, 11) is 0. The van der Waals surface area contributed by atoms with Crippen molar-refractivity contribution in [1.82, 2.24) is 0 Å². The zero-order valence-corrected chi connectivity index (χ0v) is 14.5. The lowest BCUT2D eigenvalue weighted by Crippen LogP contribution is -2.49. The molecule has 0 atom stereocenters. The highest BCUT2D eigenvalue weighted by molar-refractivity contribution is 5.97. The number of carbonyl (C=O) groups excluding carboxylic acids is 1. The molecular weight excluding hydrogens is 330 g/mol. The molecule has 0 spiro atoms. The Morgan fingerprint density at radius 2 is 1.58 bits per heavy atom. The van der Waals surface area contributed by atoms with Crippen LogP contribution < -0.4 is 9.80 Å². The molecule has 1 amide bonds. The largest absolute Gasteiger partial charge is 0.366 e. The Morgan fingerprint density at radius 1 is 0.923 bits per heavy atom. The number of benzene rings is 2. The van der Waals surface area contributed by atoms with Crippen LogP contribution in [0.15, 0.2) is 48.5 Å². The van der Waals surface area contributed by atoms with Crippen molar-refractivity contribution in [3.05, 3.63) is 64.2 Å². The van der Waals surface area contributed by atoms with E-state index >= 15 is 0 Å². The molecule has 134 valence electrons. The maximum atomic E-state index is 12.6. The van der Waals surface area contributed by atoms with E-state index < -0.39 is 0 Å². The van der Waals surface area contributed by atoms with E-state index in [4.69, 9.17) is 0 Å². The third-order valence-corrected chi connectivity index (χ3v) is 5.38. The van der Waals surface area contributed by atoms with E-state index in [0.717, 1.165) is 24.9 Å². The zero-order valence-electron chi connectivity index (χ0n) is 14.5. The van der Waals surface area contributed by atoms with Gasteiger partial charge in [-0.2, -0.15) is 0 Å². The van der Waals surface area contributed by atoms with Crippen molar-refractivity contribution >= 4 is 23.0 Å². The fraction of sp³-hybridized carbons (Fsp3) is 0.350. The smallest absolute Gasteiger partial charge is 0.292 e. The van der Waals surface area contributed by atoms with Gasteiger partial charge in [-0.25, -0.2) is 0 Å². The van der Waals surface area contributed by atoms with E-state index in [1.54, 1.807) is 18.2 Å². The first-order chi connectivity index (χ1) is 12.6. The van der Waals surface area contributed by atoms with Crippen LogP contribution in [0.4, 0.5) is 17.1 Å². The van der Waals surface area contributed by atoms with Crippen LogP contribution in [0.5, 0.6) is 0 Å². The highest BCUT2D eigenvalue weighted by Gasteiger charge is 2.33. The molecule has 2 aromatic rings. The molecule has 0 unspecified atom stereocenters. The fourth-order valence-electron chi connectivity index (χ4n) is 4.10. The minimum atomic E-state index is -0.328. The third-order valence-electron chi connectivity index (χ3n) is 5.38. The number of amides is 1. The summed E-state index contributed by atoms with van der Waals surface area (Å²) in [5, 5.41) is 11.3. The number of rotatable bonds is 3. The van der Waals surface area contributed by atoms with Crippen LogP contribution in [0.2, 0.25) is 0 Å². The quantitative estimate of drug-likeness (QED) is 0.627. The number of nitrogens with zero attached hydrogens (tertiary/aromatic N) is 3. The summed E-state index contributed by atoms with van der Waals surface area (Å²) in [6, 6.07) is 15.2. The topological polar surface area (TPSA) is 66.7 Å². The van der Waals surface area contributed by atoms with Crippen LogP contribution in [0.3, 0.4) is 0 Å². The number of piperidine rings is 1. The van der Waals surface area contributed by atoms with Gasteiger partial charge < -0.3 is 9.80 Å². The van der Waals surface area contributed by atoms with Crippen LogP contribution in [-0.2, 0) is 11.2 Å². The highest BCUT2D eigenvalue weighted by atomic mass is 16.6. The maximum absolute atomic E-state index is 12.6. The van der Waals surface area contributed by atoms with Gasteiger partial charge in [-0.05, 0) is 37.0 Å². The molecule has 2 aliphatic heterocycles. The molecule has 6 heteroatoms. The number of nitro groups is 1. The van der Waals surface area contributed by atoms with Crippen LogP contribution in [0.25, 0.3) is 0 Å². The minimum Gasteiger partial charge on any atom is -0.366 e. The molecule has 0 saturated carbocycles. The van der Waals surface area contributed by atoms with E-state index in [2.05, 4.69) is 11.0 Å². The van der Waals surface area contributed by atoms with Crippen molar-refractivity contribution < 1.29 is 9.72 Å². The minimum absolute atomic E-state index is 0.144. The monoisotopic (exact) mass is 351 g/mol. The zero-order chi connectivity index (χ0) is 18.1. The second-order valence-corrected chi connectivity index (χ2v) is 6.86. The number of para-hydroxylation sites is 3. The van der Waals surface area contributed by atoms with Crippen LogP contribution >= 0.6 is 0 Å². The second-order valence-electron chi connectivity index (χ2n) is 6.86. The third kappa shape index (κ3) is 2.92. The average molecular weight is 351 g/mol. The molecule has 26 heavy (non-hydrogen) atoms. The van der Waals surface area contributed by atoms with Gasteiger partial charge in [0.05, 0.1) is 4.92 Å². The summed E-state index contributed by atoms with van der Waals surface area (Å²) in [6.07, 6.45) is 2.99. The van der Waals surface area contributed by atoms with Crippen LogP contribution in [-0.4, -0.2) is 30.0 Å². The van der Waals surface area contributed by atoms with E-state index in [1.165, 1.54) is 5.56 Å². The number of fused-ring (bicyclic) bond motifs is 1. The first-order valence-electron chi connectivity index (χ1n) is 9.03. The van der Waals surface area contributed by atoms with Crippen molar-refractivity contribution in [3.63, 3.8) is 0 Å². The Morgan fingerprint density at radius 3 is 2.31 bits per heavy atom. The number of carbonyl (C=O) groups is 1. The molecule has 1 saturated heterocycles. The van der Waals surface area contributed by atoms with Gasteiger partial charge in [0.2, 0.25) is 5.91 Å². The van der Waals surface area contributed by atoms with Crippen LogP contribution in [0, 0.1) is 10.1 Å². The SMILES string of the molecule is O=C1CCc2ccccc2N1C1CCN(c2ccccc2[N+](=O)[O-])CC1. The molecule has 4 rings (SSSR count). The lowest BCUT2D eigenvalue weighted by Gasteiger charge is -2.41. The van der Waals surface area contributed by atoms with Gasteiger partial charge in [0.25, 0.3) is 5.69 Å². The molecule has 2 heterocycles. The summed E-state index contributed by atoms with van der Waals surface area (Å²) < 4.78 is 0.